The van der Waals surface area contributed by atoms with E-state index in [1.807, 2.05) is 0 Å². The molecule has 104 valence electrons. The lowest BCUT2D eigenvalue weighted by Gasteiger charge is -2.08. The van der Waals surface area contributed by atoms with E-state index < -0.39 is 0 Å². The highest BCUT2D eigenvalue weighted by Gasteiger charge is 2.07. The monoisotopic (exact) mass is 274 g/mol. The molecular weight excluding hydrogens is 260 g/mol. The fourth-order valence-corrected chi connectivity index (χ4v) is 1.46. The van der Waals surface area contributed by atoms with Crippen molar-refractivity contribution in [1.82, 2.24) is 15.5 Å². The van der Waals surface area contributed by atoms with Crippen LogP contribution in [0.25, 0.3) is 0 Å². The summed E-state index contributed by atoms with van der Waals surface area (Å²) < 4.78 is 5.29. The second-order valence-electron chi connectivity index (χ2n) is 3.93. The van der Waals surface area contributed by atoms with Crippen LogP contribution in [0, 0.1) is 0 Å². The maximum absolute atomic E-state index is 11.8. The number of aromatic amines is 1. The zero-order chi connectivity index (χ0) is 14.4. The second kappa shape index (κ2) is 6.37. The molecule has 7 heteroatoms. The van der Waals surface area contributed by atoms with Gasteiger partial charge in [-0.3, -0.25) is 14.7 Å². The Balaban J connectivity index is 1.99. The lowest BCUT2D eigenvalue weighted by molar-refractivity contribution is -0.122. The molecule has 0 atom stereocenters. The molecule has 0 fully saturated rings. The molecule has 7 nitrogen and oxygen atoms in total. The van der Waals surface area contributed by atoms with Gasteiger partial charge < -0.3 is 15.4 Å². The summed E-state index contributed by atoms with van der Waals surface area (Å²) in [6.45, 7) is -0.0738. The molecule has 2 rings (SSSR count). The van der Waals surface area contributed by atoms with Crippen molar-refractivity contribution >= 4 is 17.5 Å². The third-order valence-electron chi connectivity index (χ3n) is 2.50. The Morgan fingerprint density at radius 2 is 2.25 bits per heavy atom. The number of carbonyl (C=O) groups is 2. The predicted octanol–water partition coefficient (Wildman–Crippen LogP) is 0.787. The molecule has 0 saturated heterocycles. The van der Waals surface area contributed by atoms with Gasteiger partial charge in [0.2, 0.25) is 0 Å². The van der Waals surface area contributed by atoms with E-state index in [0.29, 0.717) is 17.0 Å². The molecule has 20 heavy (non-hydrogen) atoms. The average molecular weight is 274 g/mol. The van der Waals surface area contributed by atoms with Crippen LogP contribution in [-0.4, -0.2) is 35.7 Å². The first-order valence-corrected chi connectivity index (χ1v) is 5.92. The van der Waals surface area contributed by atoms with E-state index in [4.69, 9.17) is 4.74 Å². The fraction of sp³-hybridized carbons (Fsp3) is 0.154. The number of aromatic nitrogens is 2. The first-order valence-electron chi connectivity index (χ1n) is 5.92. The molecule has 2 aromatic rings. The van der Waals surface area contributed by atoms with Crippen molar-refractivity contribution in [3.8, 4) is 5.75 Å². The third kappa shape index (κ3) is 3.58. The van der Waals surface area contributed by atoms with Gasteiger partial charge in [-0.05, 0) is 12.1 Å². The Hall–Kier alpha value is -2.83. The summed E-state index contributed by atoms with van der Waals surface area (Å²) in [5.41, 5.74) is 1.01. The van der Waals surface area contributed by atoms with Gasteiger partial charge in [0.25, 0.3) is 11.8 Å². The van der Waals surface area contributed by atoms with Gasteiger partial charge in [0.05, 0.1) is 11.8 Å². The van der Waals surface area contributed by atoms with E-state index in [-0.39, 0.29) is 18.4 Å². The summed E-state index contributed by atoms with van der Waals surface area (Å²) in [5, 5.41) is 11.4. The van der Waals surface area contributed by atoms with E-state index in [9.17, 15) is 9.59 Å². The molecule has 0 radical (unpaired) electrons. The smallest absolute Gasteiger partial charge is 0.258 e. The number of anilines is 1. The van der Waals surface area contributed by atoms with Crippen molar-refractivity contribution in [2.45, 2.75) is 0 Å². The number of ether oxygens (including phenoxy) is 1. The van der Waals surface area contributed by atoms with E-state index >= 15 is 0 Å². The lowest BCUT2D eigenvalue weighted by atomic mass is 10.2. The predicted molar refractivity (Wildman–Crippen MR) is 72.5 cm³/mol. The highest BCUT2D eigenvalue weighted by Crippen LogP contribution is 2.17. The molecular formula is C13H14N4O3. The molecule has 3 N–H and O–H groups in total. The normalized spacial score (nSPS) is 9.85. The maximum Gasteiger partial charge on any atom is 0.258 e. The molecule has 0 bridgehead atoms. The van der Waals surface area contributed by atoms with Crippen LogP contribution < -0.4 is 15.4 Å². The number of hydrogen-bond acceptors (Lipinski definition) is 4. The molecule has 0 aliphatic heterocycles. The summed E-state index contributed by atoms with van der Waals surface area (Å²) in [4.78, 5) is 22.9. The third-order valence-corrected chi connectivity index (χ3v) is 2.50. The Morgan fingerprint density at radius 1 is 1.40 bits per heavy atom. The van der Waals surface area contributed by atoms with Gasteiger partial charge in [0.1, 0.15) is 5.75 Å². The van der Waals surface area contributed by atoms with Crippen LogP contribution in [0.15, 0.2) is 36.7 Å². The first kappa shape index (κ1) is 13.6. The summed E-state index contributed by atoms with van der Waals surface area (Å²) in [5.74, 6) is -0.00127. The Labute approximate surface area is 115 Å². The van der Waals surface area contributed by atoms with Gasteiger partial charge >= 0.3 is 0 Å². The number of amides is 2. The molecule has 0 aliphatic carbocycles. The van der Waals surface area contributed by atoms with Crippen LogP contribution >= 0.6 is 0 Å². The van der Waals surface area contributed by atoms with E-state index in [2.05, 4.69) is 20.8 Å². The largest absolute Gasteiger partial charge is 0.484 e. The van der Waals surface area contributed by atoms with E-state index in [1.165, 1.54) is 19.4 Å². The minimum atomic E-state index is -0.276. The van der Waals surface area contributed by atoms with Crippen molar-refractivity contribution in [2.24, 2.45) is 0 Å². The van der Waals surface area contributed by atoms with Crippen LogP contribution in [0.5, 0.6) is 5.75 Å². The van der Waals surface area contributed by atoms with E-state index in [1.54, 1.807) is 24.3 Å². The number of H-pyrrole nitrogens is 1. The van der Waals surface area contributed by atoms with Gasteiger partial charge in [-0.15, -0.1) is 0 Å². The van der Waals surface area contributed by atoms with Crippen molar-refractivity contribution in [3.63, 3.8) is 0 Å². The number of nitrogens with one attached hydrogen (secondary N) is 3. The average Bonchev–Trinajstić information content (AvgIpc) is 2.99. The number of carbonyl (C=O) groups excluding carboxylic acids is 2. The summed E-state index contributed by atoms with van der Waals surface area (Å²) >= 11 is 0. The van der Waals surface area contributed by atoms with Crippen molar-refractivity contribution < 1.29 is 14.3 Å². The molecule has 0 aliphatic rings. The van der Waals surface area contributed by atoms with Gasteiger partial charge in [-0.25, -0.2) is 0 Å². The Bertz CT molecular complexity index is 595. The standard InChI is InChI=1S/C13H14N4O3/c1-14-12(18)8-20-11-4-2-3-10(5-11)17-13(19)9-6-15-16-7-9/h2-7H,8H2,1H3,(H,14,18)(H,15,16)(H,17,19). The van der Waals surface area contributed by atoms with Gasteiger partial charge in [0, 0.05) is 25.0 Å². The molecule has 0 spiro atoms. The zero-order valence-electron chi connectivity index (χ0n) is 10.8. The molecule has 1 aromatic carbocycles. The maximum atomic E-state index is 11.8. The first-order chi connectivity index (χ1) is 9.69. The van der Waals surface area contributed by atoms with Crippen LogP contribution in [0.1, 0.15) is 10.4 Å². The topological polar surface area (TPSA) is 96.1 Å². The van der Waals surface area contributed by atoms with Crippen LogP contribution in [0.4, 0.5) is 5.69 Å². The minimum Gasteiger partial charge on any atom is -0.484 e. The summed E-state index contributed by atoms with van der Waals surface area (Å²) in [6.07, 6.45) is 2.93. The Kier molecular flexibility index (Phi) is 4.33. The van der Waals surface area contributed by atoms with Gasteiger partial charge in [0.15, 0.2) is 6.61 Å². The number of likely N-dealkylation sites (N-methyl/N-ethyl adjacent to an activating group) is 1. The van der Waals surface area contributed by atoms with E-state index in [0.717, 1.165) is 0 Å². The molecule has 2 amide bonds. The SMILES string of the molecule is CNC(=O)COc1cccc(NC(=O)c2cn[nH]c2)c1. The number of benzene rings is 1. The quantitative estimate of drug-likeness (QED) is 0.751. The van der Waals surface area contributed by atoms with Gasteiger partial charge in [-0.2, -0.15) is 5.10 Å². The van der Waals surface area contributed by atoms with Crippen LogP contribution in [0.2, 0.25) is 0 Å². The van der Waals surface area contributed by atoms with Crippen LogP contribution in [-0.2, 0) is 4.79 Å². The molecule has 0 unspecified atom stereocenters. The fourth-order valence-electron chi connectivity index (χ4n) is 1.46. The number of rotatable bonds is 5. The lowest BCUT2D eigenvalue weighted by Crippen LogP contribution is -2.24. The van der Waals surface area contributed by atoms with Gasteiger partial charge in [-0.1, -0.05) is 6.07 Å². The van der Waals surface area contributed by atoms with Crippen LogP contribution in [0.3, 0.4) is 0 Å². The number of hydrogen-bond donors (Lipinski definition) is 3. The highest BCUT2D eigenvalue weighted by molar-refractivity contribution is 6.03. The van der Waals surface area contributed by atoms with Crippen molar-refractivity contribution in [1.29, 1.82) is 0 Å². The minimum absolute atomic E-state index is 0.0738. The second-order valence-corrected chi connectivity index (χ2v) is 3.93. The molecule has 1 aromatic heterocycles. The zero-order valence-corrected chi connectivity index (χ0v) is 10.8. The summed E-state index contributed by atoms with van der Waals surface area (Å²) in [7, 11) is 1.53. The molecule has 0 saturated carbocycles. The number of nitrogens with zero attached hydrogens (tertiary/aromatic N) is 1. The van der Waals surface area contributed by atoms with Crippen molar-refractivity contribution in [2.75, 3.05) is 19.0 Å². The molecule has 1 heterocycles. The highest BCUT2D eigenvalue weighted by atomic mass is 16.5. The summed E-state index contributed by atoms with van der Waals surface area (Å²) in [6, 6.07) is 6.80. The van der Waals surface area contributed by atoms with Crippen molar-refractivity contribution in [3.05, 3.63) is 42.2 Å². The Morgan fingerprint density at radius 3 is 2.95 bits per heavy atom.